The van der Waals surface area contributed by atoms with E-state index < -0.39 is 0 Å². The van der Waals surface area contributed by atoms with Crippen LogP contribution in [0.3, 0.4) is 0 Å². The summed E-state index contributed by atoms with van der Waals surface area (Å²) in [6.45, 7) is 2.79. The molecular formula is C24H29ClN2O3. The average molecular weight is 429 g/mol. The zero-order chi connectivity index (χ0) is 20.3. The van der Waals surface area contributed by atoms with E-state index in [4.69, 9.17) is 21.1 Å². The highest BCUT2D eigenvalue weighted by atomic mass is 35.5. The minimum Gasteiger partial charge on any atom is -0.454 e. The number of allylic oxidation sites excluding steroid dienone is 2. The van der Waals surface area contributed by atoms with Gasteiger partial charge in [-0.15, -0.1) is 0 Å². The number of likely N-dealkylation sites (tertiary alicyclic amines) is 1. The monoisotopic (exact) mass is 428 g/mol. The van der Waals surface area contributed by atoms with Gasteiger partial charge in [0.1, 0.15) is 0 Å². The summed E-state index contributed by atoms with van der Waals surface area (Å²) >= 11 is 6.38. The van der Waals surface area contributed by atoms with Crippen molar-refractivity contribution in [1.82, 2.24) is 10.2 Å². The van der Waals surface area contributed by atoms with Crippen LogP contribution in [0.2, 0.25) is 5.02 Å². The second-order valence-electron chi connectivity index (χ2n) is 9.75. The van der Waals surface area contributed by atoms with Crippen LogP contribution in [0, 0.1) is 23.2 Å². The number of halogens is 1. The number of fused-ring (bicyclic) bond motifs is 1. The van der Waals surface area contributed by atoms with Gasteiger partial charge in [-0.25, -0.2) is 0 Å². The van der Waals surface area contributed by atoms with Gasteiger partial charge in [0.05, 0.1) is 0 Å². The molecule has 5 nitrogen and oxygen atoms in total. The van der Waals surface area contributed by atoms with Crippen molar-refractivity contribution in [3.8, 4) is 11.5 Å². The number of nitrogens with zero attached hydrogens (tertiary/aromatic N) is 1. The van der Waals surface area contributed by atoms with Gasteiger partial charge in [0.25, 0.3) is 0 Å². The predicted octanol–water partition coefficient (Wildman–Crippen LogP) is 4.14. The topological polar surface area (TPSA) is 50.8 Å². The van der Waals surface area contributed by atoms with Crippen LogP contribution in [-0.4, -0.2) is 36.7 Å². The normalized spacial score (nSPS) is 32.0. The van der Waals surface area contributed by atoms with Crippen molar-refractivity contribution in [1.29, 1.82) is 0 Å². The average Bonchev–Trinajstić information content (AvgIpc) is 2.95. The number of carbonyl (C=O) groups excluding carboxylic acids is 1. The molecule has 30 heavy (non-hydrogen) atoms. The Morgan fingerprint density at radius 1 is 1.20 bits per heavy atom. The van der Waals surface area contributed by atoms with Crippen molar-refractivity contribution in [2.45, 2.75) is 51.1 Å². The first-order valence-electron chi connectivity index (χ1n) is 11.4. The molecule has 0 radical (unpaired) electrons. The SMILES string of the molecule is O=C1CC[C@H](CCNCc2cc3c(cc2Cl)OCO3)N1C[C@H]1C[C@H]2C=C[C@H]1C21CC1. The molecule has 1 amide bonds. The molecule has 0 aromatic heterocycles. The molecule has 1 aromatic carbocycles. The van der Waals surface area contributed by atoms with E-state index in [1.807, 2.05) is 12.1 Å². The molecule has 3 aliphatic carbocycles. The number of hydrogen-bond donors (Lipinski definition) is 1. The van der Waals surface area contributed by atoms with Gasteiger partial charge >= 0.3 is 0 Å². The van der Waals surface area contributed by atoms with Gasteiger partial charge in [0.2, 0.25) is 12.7 Å². The van der Waals surface area contributed by atoms with E-state index >= 15 is 0 Å². The summed E-state index contributed by atoms with van der Waals surface area (Å²) in [5, 5.41) is 4.21. The molecule has 1 saturated heterocycles. The lowest BCUT2D eigenvalue weighted by molar-refractivity contribution is -0.129. The Labute approximate surface area is 182 Å². The molecule has 4 atom stereocenters. The van der Waals surface area contributed by atoms with Gasteiger partial charge in [-0.2, -0.15) is 0 Å². The van der Waals surface area contributed by atoms with Crippen molar-refractivity contribution in [2.24, 2.45) is 23.2 Å². The first-order chi connectivity index (χ1) is 14.6. The Bertz CT molecular complexity index is 897. The lowest BCUT2D eigenvalue weighted by Gasteiger charge is -2.30. The molecule has 1 N–H and O–H groups in total. The highest BCUT2D eigenvalue weighted by Gasteiger charge is 2.62. The van der Waals surface area contributed by atoms with Gasteiger partial charge in [0.15, 0.2) is 11.5 Å². The molecule has 6 rings (SSSR count). The highest BCUT2D eigenvalue weighted by Crippen LogP contribution is 2.70. The van der Waals surface area contributed by atoms with E-state index in [1.165, 1.54) is 19.3 Å². The third kappa shape index (κ3) is 3.04. The molecule has 2 saturated carbocycles. The van der Waals surface area contributed by atoms with Crippen LogP contribution in [0.25, 0.3) is 0 Å². The zero-order valence-corrected chi connectivity index (χ0v) is 18.0. The summed E-state index contributed by atoms with van der Waals surface area (Å²) < 4.78 is 10.8. The summed E-state index contributed by atoms with van der Waals surface area (Å²) in [5.74, 6) is 4.02. The van der Waals surface area contributed by atoms with Gasteiger partial charge in [0, 0.05) is 36.6 Å². The third-order valence-corrected chi connectivity index (χ3v) is 8.59. The molecule has 1 aromatic rings. The predicted molar refractivity (Wildman–Crippen MR) is 115 cm³/mol. The first-order valence-corrected chi connectivity index (χ1v) is 11.8. The molecule has 6 heteroatoms. The number of rotatable bonds is 7. The van der Waals surface area contributed by atoms with Crippen molar-refractivity contribution in [2.75, 3.05) is 19.9 Å². The molecule has 2 aliphatic heterocycles. The number of hydrogen-bond acceptors (Lipinski definition) is 4. The molecule has 0 unspecified atom stereocenters. The van der Waals surface area contributed by atoms with E-state index in [1.54, 1.807) is 0 Å². The summed E-state index contributed by atoms with van der Waals surface area (Å²) in [6.07, 6.45) is 11.7. The first kappa shape index (κ1) is 19.0. The summed E-state index contributed by atoms with van der Waals surface area (Å²) in [6, 6.07) is 4.16. The smallest absolute Gasteiger partial charge is 0.231 e. The number of ether oxygens (including phenoxy) is 2. The van der Waals surface area contributed by atoms with E-state index in [9.17, 15) is 4.79 Å². The largest absolute Gasteiger partial charge is 0.454 e. The Kier molecular flexibility index (Phi) is 4.54. The standard InChI is InChI=1S/C24H29ClN2O3/c25-20-11-22-21(29-14-30-22)10-15(20)12-26-8-5-18-2-4-23(28)27(18)13-16-9-17-1-3-19(16)24(17)6-7-24/h1,3,10-11,16-19,26H,2,4-9,12-14H2/t16-,17-,18-,19-/m1/s1. The van der Waals surface area contributed by atoms with E-state index in [0.717, 1.165) is 49.1 Å². The molecule has 2 bridgehead atoms. The second kappa shape index (κ2) is 7.16. The maximum Gasteiger partial charge on any atom is 0.231 e. The van der Waals surface area contributed by atoms with E-state index in [0.29, 0.717) is 47.0 Å². The van der Waals surface area contributed by atoms with Gasteiger partial charge in [-0.3, -0.25) is 4.79 Å². The lowest BCUT2D eigenvalue weighted by Crippen LogP contribution is -2.39. The Morgan fingerprint density at radius 2 is 2.03 bits per heavy atom. The van der Waals surface area contributed by atoms with E-state index in [2.05, 4.69) is 22.4 Å². The van der Waals surface area contributed by atoms with Crippen LogP contribution in [0.5, 0.6) is 11.5 Å². The van der Waals surface area contributed by atoms with Crippen molar-refractivity contribution < 1.29 is 14.3 Å². The molecular weight excluding hydrogens is 400 g/mol. The molecule has 160 valence electrons. The van der Waals surface area contributed by atoms with Crippen LogP contribution in [0.1, 0.15) is 44.1 Å². The fourth-order valence-corrected chi connectivity index (χ4v) is 6.74. The van der Waals surface area contributed by atoms with Gasteiger partial charge < -0.3 is 19.7 Å². The minimum absolute atomic E-state index is 0.258. The number of benzene rings is 1. The van der Waals surface area contributed by atoms with Gasteiger partial charge in [-0.05, 0) is 73.4 Å². The maximum absolute atomic E-state index is 12.6. The van der Waals surface area contributed by atoms with Crippen LogP contribution in [0.15, 0.2) is 24.3 Å². The maximum atomic E-state index is 12.6. The fourth-order valence-electron chi connectivity index (χ4n) is 6.52. The van der Waals surface area contributed by atoms with Crippen LogP contribution in [0.4, 0.5) is 0 Å². The fraction of sp³-hybridized carbons (Fsp3) is 0.625. The van der Waals surface area contributed by atoms with Crippen molar-refractivity contribution >= 4 is 17.5 Å². The third-order valence-electron chi connectivity index (χ3n) is 8.24. The molecule has 1 spiro atoms. The number of carbonyl (C=O) groups is 1. The zero-order valence-electron chi connectivity index (χ0n) is 17.2. The van der Waals surface area contributed by atoms with Crippen molar-refractivity contribution in [3.05, 3.63) is 34.9 Å². The Hall–Kier alpha value is -1.72. The Balaban J connectivity index is 1.03. The number of nitrogens with one attached hydrogen (secondary N) is 1. The van der Waals surface area contributed by atoms with Crippen LogP contribution in [-0.2, 0) is 11.3 Å². The second-order valence-corrected chi connectivity index (χ2v) is 10.2. The van der Waals surface area contributed by atoms with Crippen LogP contribution >= 0.6 is 11.6 Å². The van der Waals surface area contributed by atoms with Crippen molar-refractivity contribution in [3.63, 3.8) is 0 Å². The Morgan fingerprint density at radius 3 is 2.83 bits per heavy atom. The summed E-state index contributed by atoms with van der Waals surface area (Å²) in [5.41, 5.74) is 1.62. The summed E-state index contributed by atoms with van der Waals surface area (Å²) in [7, 11) is 0. The molecule has 5 aliphatic rings. The van der Waals surface area contributed by atoms with Gasteiger partial charge in [-0.1, -0.05) is 23.8 Å². The minimum atomic E-state index is 0.258. The lowest BCUT2D eigenvalue weighted by atomic mass is 9.88. The summed E-state index contributed by atoms with van der Waals surface area (Å²) in [4.78, 5) is 14.8. The number of amides is 1. The highest BCUT2D eigenvalue weighted by molar-refractivity contribution is 6.31. The van der Waals surface area contributed by atoms with Crippen LogP contribution < -0.4 is 14.8 Å². The molecule has 2 heterocycles. The van der Waals surface area contributed by atoms with E-state index in [-0.39, 0.29) is 6.79 Å². The molecule has 3 fully saturated rings. The quantitative estimate of drug-likeness (QED) is 0.523.